The number of rotatable bonds is 16. The Labute approximate surface area is 261 Å². The van der Waals surface area contributed by atoms with Crippen LogP contribution in [0.15, 0.2) is 121 Å². The van der Waals surface area contributed by atoms with E-state index in [-0.39, 0.29) is 0 Å². The van der Waals surface area contributed by atoms with Crippen LogP contribution in [0.5, 0.6) is 28.7 Å². The third-order valence-electron chi connectivity index (χ3n) is 7.32. The Morgan fingerprint density at radius 2 is 0.909 bits per heavy atom. The zero-order valence-corrected chi connectivity index (χ0v) is 25.5. The molecule has 0 bridgehead atoms. The van der Waals surface area contributed by atoms with Gasteiger partial charge in [-0.2, -0.15) is 0 Å². The molecule has 5 nitrogen and oxygen atoms in total. The Balaban J connectivity index is 1.23. The summed E-state index contributed by atoms with van der Waals surface area (Å²) in [5, 5.41) is 0. The maximum Gasteiger partial charge on any atom is 0.126 e. The summed E-state index contributed by atoms with van der Waals surface area (Å²) in [6, 6.07) is 40.6. The molecule has 0 aromatic heterocycles. The van der Waals surface area contributed by atoms with Gasteiger partial charge in [0, 0.05) is 12.1 Å². The first-order chi connectivity index (χ1) is 21.7. The second kappa shape index (κ2) is 16.1. The van der Waals surface area contributed by atoms with Crippen molar-refractivity contribution in [2.45, 2.75) is 46.0 Å². The second-order valence-electron chi connectivity index (χ2n) is 10.5. The average molecular weight is 589 g/mol. The molecule has 0 unspecified atom stereocenters. The standard InChI is InChI=1S/C39H40O5/c1-3-41-38-25-36(43-28-32-17-21-35(40-2)22-18-32)23-19-33(38)15-10-16-34-20-24-37(42-27-30-11-6-4-7-12-30)26-39(34)44-29-31-13-8-5-9-14-31/h4-9,11-14,17-26H,3,10,15-16,27-29H2,1-2H3. The van der Waals surface area contributed by atoms with Crippen LogP contribution < -0.4 is 23.7 Å². The molecule has 0 N–H and O–H groups in total. The van der Waals surface area contributed by atoms with Crippen molar-refractivity contribution >= 4 is 0 Å². The fraction of sp³-hybridized carbons (Fsp3) is 0.231. The first-order valence-electron chi connectivity index (χ1n) is 15.2. The van der Waals surface area contributed by atoms with Crippen LogP contribution in [0.2, 0.25) is 0 Å². The highest BCUT2D eigenvalue weighted by molar-refractivity contribution is 5.43. The van der Waals surface area contributed by atoms with Crippen LogP contribution in [-0.4, -0.2) is 13.7 Å². The summed E-state index contributed by atoms with van der Waals surface area (Å²) < 4.78 is 29.8. The first-order valence-corrected chi connectivity index (χ1v) is 15.2. The van der Waals surface area contributed by atoms with Crippen LogP contribution >= 0.6 is 0 Å². The molecular formula is C39H40O5. The van der Waals surface area contributed by atoms with Crippen molar-refractivity contribution in [3.63, 3.8) is 0 Å². The van der Waals surface area contributed by atoms with E-state index in [1.807, 2.05) is 91.9 Å². The SMILES string of the molecule is CCOc1cc(OCc2ccc(OC)cc2)ccc1CCCc1ccc(OCc2ccccc2)cc1OCc1ccccc1. The smallest absolute Gasteiger partial charge is 0.126 e. The molecule has 0 spiro atoms. The number of hydrogen-bond donors (Lipinski definition) is 0. The number of ether oxygens (including phenoxy) is 5. The van der Waals surface area contributed by atoms with Gasteiger partial charge in [-0.1, -0.05) is 84.9 Å². The van der Waals surface area contributed by atoms with Gasteiger partial charge in [-0.15, -0.1) is 0 Å². The van der Waals surface area contributed by atoms with E-state index in [1.54, 1.807) is 7.11 Å². The lowest BCUT2D eigenvalue weighted by atomic mass is 10.0. The van der Waals surface area contributed by atoms with Gasteiger partial charge < -0.3 is 23.7 Å². The molecule has 0 heterocycles. The monoisotopic (exact) mass is 588 g/mol. The Morgan fingerprint density at radius 1 is 0.455 bits per heavy atom. The summed E-state index contributed by atoms with van der Waals surface area (Å²) in [5.74, 6) is 4.14. The van der Waals surface area contributed by atoms with E-state index in [4.69, 9.17) is 23.7 Å². The Morgan fingerprint density at radius 3 is 1.41 bits per heavy atom. The molecule has 0 saturated heterocycles. The first kappa shape index (κ1) is 30.6. The summed E-state index contributed by atoms with van der Waals surface area (Å²) in [6.07, 6.45) is 2.68. The van der Waals surface area contributed by atoms with Crippen LogP contribution in [0.3, 0.4) is 0 Å². The molecule has 0 atom stereocenters. The van der Waals surface area contributed by atoms with Crippen LogP contribution in [0, 0.1) is 0 Å². The van der Waals surface area contributed by atoms with Crippen molar-refractivity contribution < 1.29 is 23.7 Å². The van der Waals surface area contributed by atoms with Crippen molar-refractivity contribution in [1.29, 1.82) is 0 Å². The predicted molar refractivity (Wildman–Crippen MR) is 175 cm³/mol. The van der Waals surface area contributed by atoms with Crippen LogP contribution in [0.4, 0.5) is 0 Å². The molecular weight excluding hydrogens is 548 g/mol. The summed E-state index contributed by atoms with van der Waals surface area (Å²) in [6.45, 7) is 4.09. The highest BCUT2D eigenvalue weighted by Gasteiger charge is 2.11. The zero-order valence-electron chi connectivity index (χ0n) is 25.5. The third-order valence-corrected chi connectivity index (χ3v) is 7.32. The Kier molecular flexibility index (Phi) is 11.2. The molecule has 226 valence electrons. The van der Waals surface area contributed by atoms with Gasteiger partial charge >= 0.3 is 0 Å². The summed E-state index contributed by atoms with van der Waals surface area (Å²) in [4.78, 5) is 0. The third kappa shape index (κ3) is 9.05. The van der Waals surface area contributed by atoms with E-state index in [2.05, 4.69) is 36.4 Å². The number of methoxy groups -OCH3 is 1. The number of benzene rings is 5. The van der Waals surface area contributed by atoms with Gasteiger partial charge in [-0.25, -0.2) is 0 Å². The van der Waals surface area contributed by atoms with E-state index in [0.29, 0.717) is 26.4 Å². The second-order valence-corrected chi connectivity index (χ2v) is 10.5. The Bertz CT molecular complexity index is 1570. The molecule has 5 aromatic carbocycles. The predicted octanol–water partition coefficient (Wildman–Crippen LogP) is 9.01. The molecule has 0 saturated carbocycles. The van der Waals surface area contributed by atoms with E-state index >= 15 is 0 Å². The number of aryl methyl sites for hydroxylation is 2. The number of hydrogen-bond acceptors (Lipinski definition) is 5. The van der Waals surface area contributed by atoms with Gasteiger partial charge in [0.2, 0.25) is 0 Å². The van der Waals surface area contributed by atoms with Crippen LogP contribution in [0.25, 0.3) is 0 Å². The van der Waals surface area contributed by atoms with Crippen LogP contribution in [-0.2, 0) is 32.7 Å². The van der Waals surface area contributed by atoms with E-state index < -0.39 is 0 Å². The van der Waals surface area contributed by atoms with Crippen molar-refractivity contribution in [3.05, 3.63) is 149 Å². The molecule has 5 heteroatoms. The maximum absolute atomic E-state index is 6.34. The molecule has 0 aliphatic heterocycles. The fourth-order valence-corrected chi connectivity index (χ4v) is 4.92. The van der Waals surface area contributed by atoms with Crippen molar-refractivity contribution in [3.8, 4) is 28.7 Å². The highest BCUT2D eigenvalue weighted by atomic mass is 16.5. The molecule has 5 aromatic rings. The Hall–Kier alpha value is -4.90. The molecule has 0 aliphatic rings. The molecule has 0 amide bonds. The normalized spacial score (nSPS) is 10.7. The quantitative estimate of drug-likeness (QED) is 0.115. The van der Waals surface area contributed by atoms with Gasteiger partial charge in [-0.05, 0) is 78.3 Å². The van der Waals surface area contributed by atoms with Gasteiger partial charge in [0.15, 0.2) is 0 Å². The van der Waals surface area contributed by atoms with E-state index in [1.165, 1.54) is 5.56 Å². The van der Waals surface area contributed by atoms with Crippen molar-refractivity contribution in [2.75, 3.05) is 13.7 Å². The molecule has 0 fully saturated rings. The minimum absolute atomic E-state index is 0.478. The van der Waals surface area contributed by atoms with Gasteiger partial charge in [0.05, 0.1) is 13.7 Å². The van der Waals surface area contributed by atoms with Crippen LogP contribution in [0.1, 0.15) is 41.2 Å². The van der Waals surface area contributed by atoms with Gasteiger partial charge in [0.1, 0.15) is 48.6 Å². The van der Waals surface area contributed by atoms with E-state index in [9.17, 15) is 0 Å². The maximum atomic E-state index is 6.34. The minimum Gasteiger partial charge on any atom is -0.497 e. The average Bonchev–Trinajstić information content (AvgIpc) is 3.08. The summed E-state index contributed by atoms with van der Waals surface area (Å²) in [7, 11) is 1.67. The van der Waals surface area contributed by atoms with Crippen molar-refractivity contribution in [1.82, 2.24) is 0 Å². The molecule has 0 aliphatic carbocycles. The molecule has 44 heavy (non-hydrogen) atoms. The van der Waals surface area contributed by atoms with E-state index in [0.717, 1.165) is 70.3 Å². The highest BCUT2D eigenvalue weighted by Crippen LogP contribution is 2.30. The largest absolute Gasteiger partial charge is 0.497 e. The van der Waals surface area contributed by atoms with Crippen molar-refractivity contribution in [2.24, 2.45) is 0 Å². The summed E-state index contributed by atoms with van der Waals surface area (Å²) >= 11 is 0. The zero-order chi connectivity index (χ0) is 30.4. The van der Waals surface area contributed by atoms with Gasteiger partial charge in [-0.3, -0.25) is 0 Å². The summed E-state index contributed by atoms with van der Waals surface area (Å²) in [5.41, 5.74) is 5.66. The molecule has 5 rings (SSSR count). The fourth-order valence-electron chi connectivity index (χ4n) is 4.92. The minimum atomic E-state index is 0.478. The van der Waals surface area contributed by atoms with Gasteiger partial charge in [0.25, 0.3) is 0 Å². The topological polar surface area (TPSA) is 46.2 Å². The lowest BCUT2D eigenvalue weighted by Crippen LogP contribution is -2.02. The lowest BCUT2D eigenvalue weighted by molar-refractivity contribution is 0.287. The molecule has 0 radical (unpaired) electrons. The lowest BCUT2D eigenvalue weighted by Gasteiger charge is -2.16.